The van der Waals surface area contributed by atoms with E-state index in [1.54, 1.807) is 29.4 Å². The second kappa shape index (κ2) is 5.18. The van der Waals surface area contributed by atoms with E-state index in [1.807, 2.05) is 11.5 Å². The van der Waals surface area contributed by atoms with E-state index in [0.29, 0.717) is 11.0 Å². The largest absolute Gasteiger partial charge is 0.333 e. The summed E-state index contributed by atoms with van der Waals surface area (Å²) >= 11 is 6.63. The summed E-state index contributed by atoms with van der Waals surface area (Å²) < 4.78 is 5.08. The van der Waals surface area contributed by atoms with Crippen LogP contribution in [0.2, 0.25) is 0 Å². The first-order chi connectivity index (χ1) is 8.11. The lowest BCUT2D eigenvalue weighted by molar-refractivity contribution is 0.653. The molecule has 0 aliphatic carbocycles. The molecule has 17 heavy (non-hydrogen) atoms. The van der Waals surface area contributed by atoms with E-state index < -0.39 is 0 Å². The van der Waals surface area contributed by atoms with Gasteiger partial charge >= 0.3 is 0 Å². The molecule has 0 unspecified atom stereocenters. The molecule has 0 fully saturated rings. The van der Waals surface area contributed by atoms with E-state index in [-0.39, 0.29) is 5.56 Å². The summed E-state index contributed by atoms with van der Waals surface area (Å²) in [5, 5.41) is 0. The van der Waals surface area contributed by atoms with Crippen LogP contribution >= 0.6 is 31.9 Å². The average molecular weight is 361 g/mol. The lowest BCUT2D eigenvalue weighted by atomic mass is 10.4. The van der Waals surface area contributed by atoms with E-state index in [0.717, 1.165) is 16.7 Å². The van der Waals surface area contributed by atoms with Crippen molar-refractivity contribution in [2.24, 2.45) is 0 Å². The Kier molecular flexibility index (Phi) is 3.83. The van der Waals surface area contributed by atoms with Crippen LogP contribution in [0.1, 0.15) is 12.6 Å². The number of pyridine rings is 1. The zero-order valence-electron chi connectivity index (χ0n) is 9.23. The minimum atomic E-state index is -0.0444. The molecule has 2 heterocycles. The van der Waals surface area contributed by atoms with Gasteiger partial charge in [-0.3, -0.25) is 4.79 Å². The Morgan fingerprint density at radius 2 is 2.12 bits per heavy atom. The van der Waals surface area contributed by atoms with Gasteiger partial charge < -0.3 is 9.13 Å². The second-order valence-corrected chi connectivity index (χ2v) is 5.38. The molecule has 0 radical (unpaired) electrons. The minimum Gasteiger partial charge on any atom is -0.333 e. The van der Waals surface area contributed by atoms with Crippen molar-refractivity contribution in [1.82, 2.24) is 14.1 Å². The number of aryl methyl sites for hydroxylation is 1. The smallest absolute Gasteiger partial charge is 0.265 e. The topological polar surface area (TPSA) is 39.8 Å². The molecule has 2 aromatic rings. The number of rotatable bonds is 3. The van der Waals surface area contributed by atoms with Gasteiger partial charge in [0.15, 0.2) is 0 Å². The fraction of sp³-hybridized carbons (Fsp3) is 0.273. The van der Waals surface area contributed by atoms with Gasteiger partial charge in [-0.05, 0) is 44.8 Å². The number of halogens is 2. The first-order valence-corrected chi connectivity index (χ1v) is 6.75. The molecule has 2 aromatic heterocycles. The SMILES string of the molecule is CCn1cncc1Cn1cc(Br)cc(Br)c1=O. The Morgan fingerprint density at radius 1 is 1.35 bits per heavy atom. The lowest BCUT2D eigenvalue weighted by Gasteiger charge is -2.09. The summed E-state index contributed by atoms with van der Waals surface area (Å²) in [4.78, 5) is 16.0. The third-order valence-electron chi connectivity index (χ3n) is 2.48. The minimum absolute atomic E-state index is 0.0444. The predicted molar refractivity (Wildman–Crippen MR) is 73.1 cm³/mol. The van der Waals surface area contributed by atoms with E-state index >= 15 is 0 Å². The Bertz CT molecular complexity index is 589. The van der Waals surface area contributed by atoms with Crippen molar-refractivity contribution in [3.8, 4) is 0 Å². The molecule has 0 bridgehead atoms. The summed E-state index contributed by atoms with van der Waals surface area (Å²) in [6, 6.07) is 1.75. The zero-order valence-corrected chi connectivity index (χ0v) is 12.4. The highest BCUT2D eigenvalue weighted by Gasteiger charge is 2.06. The van der Waals surface area contributed by atoms with Crippen LogP contribution in [0.5, 0.6) is 0 Å². The number of hydrogen-bond acceptors (Lipinski definition) is 2. The fourth-order valence-electron chi connectivity index (χ4n) is 1.62. The molecule has 6 heteroatoms. The molecule has 2 rings (SSSR count). The number of imidazole rings is 1. The van der Waals surface area contributed by atoms with Crippen LogP contribution in [0.15, 0.2) is 38.5 Å². The third kappa shape index (κ3) is 2.69. The average Bonchev–Trinajstić information content (AvgIpc) is 2.72. The highest BCUT2D eigenvalue weighted by molar-refractivity contribution is 9.11. The zero-order chi connectivity index (χ0) is 12.4. The van der Waals surface area contributed by atoms with Crippen LogP contribution in [-0.4, -0.2) is 14.1 Å². The molecule has 0 aliphatic heterocycles. The summed E-state index contributed by atoms with van der Waals surface area (Å²) in [7, 11) is 0. The van der Waals surface area contributed by atoms with Gasteiger partial charge in [0.25, 0.3) is 5.56 Å². The molecule has 0 amide bonds. The van der Waals surface area contributed by atoms with Gasteiger partial charge in [0, 0.05) is 23.4 Å². The maximum absolute atomic E-state index is 11.9. The quantitative estimate of drug-likeness (QED) is 0.844. The molecule has 0 N–H and O–H groups in total. The van der Waals surface area contributed by atoms with Crippen LogP contribution in [0, 0.1) is 0 Å². The van der Waals surface area contributed by atoms with Gasteiger partial charge in [-0.1, -0.05) is 0 Å². The van der Waals surface area contributed by atoms with Crippen molar-refractivity contribution in [1.29, 1.82) is 0 Å². The number of nitrogens with zero attached hydrogens (tertiary/aromatic N) is 3. The Balaban J connectivity index is 2.40. The molecule has 0 saturated heterocycles. The van der Waals surface area contributed by atoms with Crippen molar-refractivity contribution in [3.63, 3.8) is 0 Å². The highest BCUT2D eigenvalue weighted by Crippen LogP contribution is 2.13. The van der Waals surface area contributed by atoms with E-state index in [4.69, 9.17) is 0 Å². The van der Waals surface area contributed by atoms with Gasteiger partial charge in [0.2, 0.25) is 0 Å². The molecule has 0 saturated carbocycles. The maximum atomic E-state index is 11.9. The highest BCUT2D eigenvalue weighted by atomic mass is 79.9. The van der Waals surface area contributed by atoms with Gasteiger partial charge in [-0.25, -0.2) is 4.98 Å². The normalized spacial score (nSPS) is 10.8. The Labute approximate surface area is 116 Å². The van der Waals surface area contributed by atoms with Gasteiger partial charge in [-0.15, -0.1) is 0 Å². The van der Waals surface area contributed by atoms with Crippen LogP contribution in [0.3, 0.4) is 0 Å². The summed E-state index contributed by atoms with van der Waals surface area (Å²) in [5.41, 5.74) is 0.969. The van der Waals surface area contributed by atoms with Gasteiger partial charge in [0.05, 0.1) is 23.0 Å². The molecule has 0 aromatic carbocycles. The monoisotopic (exact) mass is 359 g/mol. The van der Waals surface area contributed by atoms with Crippen LogP contribution in [0.4, 0.5) is 0 Å². The summed E-state index contributed by atoms with van der Waals surface area (Å²) in [6.07, 6.45) is 5.33. The van der Waals surface area contributed by atoms with Crippen molar-refractivity contribution >= 4 is 31.9 Å². The van der Waals surface area contributed by atoms with E-state index in [9.17, 15) is 4.79 Å². The number of hydrogen-bond donors (Lipinski definition) is 0. The van der Waals surface area contributed by atoms with Crippen molar-refractivity contribution in [3.05, 3.63) is 49.8 Å². The number of aromatic nitrogens is 3. The molecule has 0 atom stereocenters. The van der Waals surface area contributed by atoms with Gasteiger partial charge in [-0.2, -0.15) is 0 Å². The van der Waals surface area contributed by atoms with Crippen molar-refractivity contribution in [2.75, 3.05) is 0 Å². The van der Waals surface area contributed by atoms with Crippen molar-refractivity contribution < 1.29 is 0 Å². The Hall–Kier alpha value is -0.880. The molecule has 90 valence electrons. The Morgan fingerprint density at radius 3 is 2.82 bits per heavy atom. The molecule has 0 aliphatic rings. The standard InChI is InChI=1S/C11H11Br2N3O/c1-2-15-7-14-4-9(15)6-16-5-8(12)3-10(13)11(16)17/h3-5,7H,2,6H2,1H3. The van der Waals surface area contributed by atoms with E-state index in [2.05, 4.69) is 36.8 Å². The maximum Gasteiger partial charge on any atom is 0.265 e. The third-order valence-corrected chi connectivity index (χ3v) is 3.48. The summed E-state index contributed by atoms with van der Waals surface area (Å²) in [6.45, 7) is 3.41. The molecular weight excluding hydrogens is 350 g/mol. The van der Waals surface area contributed by atoms with E-state index in [1.165, 1.54) is 0 Å². The lowest BCUT2D eigenvalue weighted by Crippen LogP contribution is -2.21. The second-order valence-electron chi connectivity index (χ2n) is 3.61. The van der Waals surface area contributed by atoms with Crippen LogP contribution in [0.25, 0.3) is 0 Å². The first-order valence-electron chi connectivity index (χ1n) is 5.16. The van der Waals surface area contributed by atoms with Gasteiger partial charge in [0.1, 0.15) is 0 Å². The summed E-state index contributed by atoms with van der Waals surface area (Å²) in [5.74, 6) is 0. The molecule has 0 spiro atoms. The first kappa shape index (κ1) is 12.6. The van der Waals surface area contributed by atoms with Crippen LogP contribution < -0.4 is 5.56 Å². The molecule has 4 nitrogen and oxygen atoms in total. The fourth-order valence-corrected chi connectivity index (χ4v) is 2.88. The van der Waals surface area contributed by atoms with Crippen LogP contribution in [-0.2, 0) is 13.1 Å². The predicted octanol–water partition coefficient (Wildman–Crippen LogP) is 2.64. The van der Waals surface area contributed by atoms with Crippen molar-refractivity contribution in [2.45, 2.75) is 20.0 Å². The molecular formula is C11H11Br2N3O.